The lowest BCUT2D eigenvalue weighted by molar-refractivity contribution is -0.0694. The van der Waals surface area contributed by atoms with Crippen molar-refractivity contribution in [2.24, 2.45) is 0 Å². The Bertz CT molecular complexity index is 2030. The van der Waals surface area contributed by atoms with Crippen LogP contribution in [0.5, 0.6) is 0 Å². The number of rotatable bonds is 2. The van der Waals surface area contributed by atoms with Crippen LogP contribution in [-0.4, -0.2) is 98.6 Å². The maximum atomic E-state index is 4.44. The van der Waals surface area contributed by atoms with Crippen molar-refractivity contribution in [1.82, 2.24) is 19.6 Å². The third-order valence-electron chi connectivity index (χ3n) is 15.9. The Hall–Kier alpha value is -4.08. The molecule has 12 rings (SSSR count). The number of anilines is 4. The Morgan fingerprint density at radius 1 is 0.404 bits per heavy atom. The van der Waals surface area contributed by atoms with Gasteiger partial charge in [0, 0.05) is 59.8 Å². The van der Waals surface area contributed by atoms with Crippen LogP contribution in [0.2, 0.25) is 0 Å². The molecule has 0 amide bonds. The summed E-state index contributed by atoms with van der Waals surface area (Å²) in [6, 6.07) is 33.0. The third kappa shape index (κ3) is 3.17. The zero-order valence-electron chi connectivity index (χ0n) is 30.8. The maximum Gasteiger partial charge on any atom is 0.0933 e. The highest BCUT2D eigenvalue weighted by Gasteiger charge is 2.72. The molecule has 0 saturated carbocycles. The van der Waals surface area contributed by atoms with Crippen molar-refractivity contribution in [3.8, 4) is 0 Å². The van der Waals surface area contributed by atoms with Gasteiger partial charge in [0.15, 0.2) is 0 Å². The summed E-state index contributed by atoms with van der Waals surface area (Å²) in [6.07, 6.45) is 5.28. The number of likely N-dealkylation sites (N-methyl/N-ethyl adjacent to an activating group) is 4. The number of nitrogens with one attached hydrogen (secondary N) is 4. The van der Waals surface area contributed by atoms with E-state index in [-0.39, 0.29) is 46.3 Å². The first-order valence-corrected chi connectivity index (χ1v) is 19.7. The lowest BCUT2D eigenvalue weighted by Gasteiger charge is -2.72. The van der Waals surface area contributed by atoms with Gasteiger partial charge in [0.2, 0.25) is 0 Å². The van der Waals surface area contributed by atoms with Crippen molar-refractivity contribution >= 4 is 22.7 Å². The first-order valence-electron chi connectivity index (χ1n) is 19.7. The fourth-order valence-corrected chi connectivity index (χ4v) is 13.8. The molecule has 0 aliphatic carbocycles. The average molecular weight is 691 g/mol. The Balaban J connectivity index is 1.12. The SMILES string of the molecule is CN1CC[C@]2(c3cccc4c3N[C@H]3N(C)CC[C@@]45[C@H]4Nc6c([C@]78CCN(C)[C@H]7Nc7ccccc78)cccc6[C@]35CCN4C)c3ccccc3N[C@H]12. The lowest BCUT2D eigenvalue weighted by atomic mass is 9.44. The van der Waals surface area contributed by atoms with Gasteiger partial charge in [-0.2, -0.15) is 0 Å². The van der Waals surface area contributed by atoms with E-state index in [4.69, 9.17) is 0 Å². The van der Waals surface area contributed by atoms with E-state index >= 15 is 0 Å². The van der Waals surface area contributed by atoms with E-state index in [9.17, 15) is 0 Å². The van der Waals surface area contributed by atoms with Crippen LogP contribution in [0.15, 0.2) is 84.9 Å². The van der Waals surface area contributed by atoms with Gasteiger partial charge < -0.3 is 21.3 Å². The van der Waals surface area contributed by atoms with Crippen molar-refractivity contribution in [3.63, 3.8) is 0 Å². The standard InChI is InChI=1S/C44H50N8/c1-49-23-19-41(27-11-5-7-17-33(27)45-37(41)49)29-13-9-15-31-35(29)47-39-44-22-26-52(4)40(43(31,44)21-25-51(39)3)48-36-30(14-10-16-32(36)44)42-20-24-50(2)38(42)46-34-18-8-6-12-28(34)42/h5-18,37-40,45-48H,19-26H2,1-4H3/t37-,38-,39+,40+,41-,42-,43-,44+/m1/s1. The van der Waals surface area contributed by atoms with Crippen molar-refractivity contribution in [2.45, 2.75) is 72.0 Å². The molecule has 4 fully saturated rings. The quantitative estimate of drug-likeness (QED) is 0.211. The molecular weight excluding hydrogens is 641 g/mol. The number of piperidine rings is 2. The van der Waals surface area contributed by atoms with E-state index in [1.807, 2.05) is 0 Å². The molecule has 4 aromatic carbocycles. The van der Waals surface area contributed by atoms with Gasteiger partial charge in [0.05, 0.1) is 35.5 Å². The molecule has 0 spiro atoms. The largest absolute Gasteiger partial charge is 0.368 e. The highest BCUT2D eigenvalue weighted by molar-refractivity contribution is 5.81. The van der Waals surface area contributed by atoms with E-state index < -0.39 is 0 Å². The molecule has 0 radical (unpaired) electrons. The highest BCUT2D eigenvalue weighted by Crippen LogP contribution is 2.69. The third-order valence-corrected chi connectivity index (χ3v) is 15.9. The predicted molar refractivity (Wildman–Crippen MR) is 209 cm³/mol. The normalized spacial score (nSPS) is 38.0. The predicted octanol–water partition coefficient (Wildman–Crippen LogP) is 5.78. The Morgan fingerprint density at radius 3 is 1.23 bits per heavy atom. The maximum absolute atomic E-state index is 4.44. The zero-order valence-corrected chi connectivity index (χ0v) is 30.8. The van der Waals surface area contributed by atoms with Gasteiger partial charge in [-0.25, -0.2) is 0 Å². The number of likely N-dealkylation sites (tertiary alicyclic amines) is 4. The first kappa shape index (κ1) is 30.4. The smallest absolute Gasteiger partial charge is 0.0933 e. The van der Waals surface area contributed by atoms with Crippen LogP contribution in [-0.2, 0) is 21.7 Å². The second-order valence-electron chi connectivity index (χ2n) is 17.5. The van der Waals surface area contributed by atoms with Crippen LogP contribution in [0.1, 0.15) is 59.1 Å². The summed E-state index contributed by atoms with van der Waals surface area (Å²) < 4.78 is 0. The minimum Gasteiger partial charge on any atom is -0.368 e. The van der Waals surface area contributed by atoms with Crippen molar-refractivity contribution in [1.29, 1.82) is 0 Å². The molecule has 4 bridgehead atoms. The number of para-hydroxylation sites is 4. The van der Waals surface area contributed by atoms with Crippen LogP contribution in [0.4, 0.5) is 22.7 Å². The number of fused-ring (bicyclic) bond motifs is 8. The van der Waals surface area contributed by atoms with Crippen LogP contribution in [0.3, 0.4) is 0 Å². The van der Waals surface area contributed by atoms with E-state index in [2.05, 4.69) is 154 Å². The molecule has 8 heteroatoms. The van der Waals surface area contributed by atoms with Gasteiger partial charge >= 0.3 is 0 Å². The zero-order chi connectivity index (χ0) is 34.8. The summed E-state index contributed by atoms with van der Waals surface area (Å²) in [7, 11) is 9.37. The summed E-state index contributed by atoms with van der Waals surface area (Å²) in [5.41, 5.74) is 13.8. The molecule has 8 nitrogen and oxygen atoms in total. The van der Waals surface area contributed by atoms with Gasteiger partial charge in [-0.1, -0.05) is 72.8 Å². The van der Waals surface area contributed by atoms with Crippen LogP contribution >= 0.6 is 0 Å². The monoisotopic (exact) mass is 690 g/mol. The van der Waals surface area contributed by atoms with E-state index in [0.717, 1.165) is 51.9 Å². The highest BCUT2D eigenvalue weighted by atomic mass is 15.4. The van der Waals surface area contributed by atoms with Crippen LogP contribution in [0, 0.1) is 0 Å². The van der Waals surface area contributed by atoms with Crippen molar-refractivity contribution in [2.75, 3.05) is 75.6 Å². The minimum absolute atomic E-state index is 0.100. The summed E-state index contributed by atoms with van der Waals surface area (Å²) in [5.74, 6) is 0. The molecule has 8 aliphatic rings. The Labute approximate surface area is 307 Å². The molecule has 4 saturated heterocycles. The Kier molecular flexibility index (Phi) is 5.79. The van der Waals surface area contributed by atoms with Crippen molar-refractivity contribution < 1.29 is 0 Å². The average Bonchev–Trinajstić information content (AvgIpc) is 3.89. The molecule has 52 heavy (non-hydrogen) atoms. The van der Waals surface area contributed by atoms with E-state index in [1.54, 1.807) is 0 Å². The van der Waals surface area contributed by atoms with Crippen LogP contribution < -0.4 is 21.3 Å². The molecule has 0 unspecified atom stereocenters. The number of hydrogen-bond donors (Lipinski definition) is 4. The molecule has 0 aromatic heterocycles. The van der Waals surface area contributed by atoms with Crippen molar-refractivity contribution in [3.05, 3.63) is 118 Å². The molecular formula is C44H50N8. The summed E-state index contributed by atoms with van der Waals surface area (Å²) in [6.45, 7) is 4.29. The second-order valence-corrected chi connectivity index (χ2v) is 17.5. The fourth-order valence-electron chi connectivity index (χ4n) is 13.8. The number of benzene rings is 4. The van der Waals surface area contributed by atoms with Gasteiger partial charge in [0.25, 0.3) is 0 Å². The van der Waals surface area contributed by atoms with E-state index in [0.29, 0.717) is 0 Å². The topological polar surface area (TPSA) is 61.1 Å². The minimum atomic E-state index is -0.114. The molecule has 8 heterocycles. The second kappa shape index (κ2) is 9.91. The molecule has 8 aliphatic heterocycles. The number of hydrogen-bond acceptors (Lipinski definition) is 8. The number of nitrogens with zero attached hydrogens (tertiary/aromatic N) is 4. The molecule has 4 aromatic rings. The Morgan fingerprint density at radius 2 is 0.769 bits per heavy atom. The van der Waals surface area contributed by atoms with Gasteiger partial charge in [-0.05, 0) is 99.4 Å². The van der Waals surface area contributed by atoms with Gasteiger partial charge in [-0.3, -0.25) is 19.6 Å². The molecule has 4 N–H and O–H groups in total. The molecule has 266 valence electrons. The molecule has 8 atom stereocenters. The van der Waals surface area contributed by atoms with Gasteiger partial charge in [-0.15, -0.1) is 0 Å². The fraction of sp³-hybridized carbons (Fsp3) is 0.455. The summed E-state index contributed by atoms with van der Waals surface area (Å²) in [4.78, 5) is 10.4. The lowest BCUT2D eigenvalue weighted by Crippen LogP contribution is -2.80. The van der Waals surface area contributed by atoms with Gasteiger partial charge in [0.1, 0.15) is 0 Å². The summed E-state index contributed by atoms with van der Waals surface area (Å²) in [5, 5.41) is 16.9. The summed E-state index contributed by atoms with van der Waals surface area (Å²) >= 11 is 0. The van der Waals surface area contributed by atoms with E-state index in [1.165, 1.54) is 56.1 Å². The first-order chi connectivity index (χ1) is 25.4. The van der Waals surface area contributed by atoms with Crippen LogP contribution in [0.25, 0.3) is 0 Å².